The number of hydrogen-bond donors (Lipinski definition) is 1. The predicted molar refractivity (Wildman–Crippen MR) is 75.8 cm³/mol. The average molecular weight is 318 g/mol. The van der Waals surface area contributed by atoms with Crippen molar-refractivity contribution in [2.45, 2.75) is 24.8 Å². The van der Waals surface area contributed by atoms with Crippen molar-refractivity contribution in [3.63, 3.8) is 0 Å². The van der Waals surface area contributed by atoms with E-state index in [1.807, 2.05) is 13.8 Å². The van der Waals surface area contributed by atoms with Gasteiger partial charge in [0.15, 0.2) is 0 Å². The van der Waals surface area contributed by atoms with Crippen LogP contribution in [0.4, 0.5) is 4.39 Å². The number of rotatable bonds is 6. The zero-order chi connectivity index (χ0) is 16.2. The number of carbonyl (C=O) groups is 1. The van der Waals surface area contributed by atoms with Gasteiger partial charge in [-0.1, -0.05) is 0 Å². The van der Waals surface area contributed by atoms with Crippen LogP contribution in [0.3, 0.4) is 0 Å². The molecule has 0 radical (unpaired) electrons. The third-order valence-corrected chi connectivity index (χ3v) is 3.83. The Labute approximate surface area is 123 Å². The van der Waals surface area contributed by atoms with Crippen molar-refractivity contribution in [2.75, 3.05) is 20.3 Å². The van der Waals surface area contributed by atoms with Gasteiger partial charge in [0, 0.05) is 25.3 Å². The molecule has 1 aromatic carbocycles. The van der Waals surface area contributed by atoms with E-state index in [1.165, 1.54) is 18.1 Å². The lowest BCUT2D eigenvalue weighted by molar-refractivity contribution is 0.0634. The van der Waals surface area contributed by atoms with Crippen molar-refractivity contribution in [1.29, 1.82) is 0 Å². The minimum absolute atomic E-state index is 0.0604. The van der Waals surface area contributed by atoms with E-state index in [1.54, 1.807) is 0 Å². The number of nitrogens with two attached hydrogens (primary N) is 1. The lowest BCUT2D eigenvalue weighted by Gasteiger charge is -2.26. The summed E-state index contributed by atoms with van der Waals surface area (Å²) in [5, 5.41) is 4.93. The normalized spacial score (nSPS) is 11.7. The second kappa shape index (κ2) is 6.97. The molecule has 0 unspecified atom stereocenters. The van der Waals surface area contributed by atoms with Crippen LogP contribution in [-0.2, 0) is 14.8 Å². The van der Waals surface area contributed by atoms with Crippen LogP contribution in [0, 0.1) is 5.82 Å². The standard InChI is InChI=1S/C13H19FN2O4S/c1-9(2)16(6-7-20-3)13(17)10-4-5-11(14)12(8-10)21(15,18)19/h4-5,8-9H,6-7H2,1-3H3,(H2,15,18,19). The van der Waals surface area contributed by atoms with Crippen molar-refractivity contribution >= 4 is 15.9 Å². The van der Waals surface area contributed by atoms with Crippen LogP contribution in [0.2, 0.25) is 0 Å². The second-order valence-corrected chi connectivity index (χ2v) is 6.31. The highest BCUT2D eigenvalue weighted by molar-refractivity contribution is 7.89. The Morgan fingerprint density at radius 1 is 1.43 bits per heavy atom. The molecule has 1 amide bonds. The quantitative estimate of drug-likeness (QED) is 0.846. The molecule has 0 aliphatic heterocycles. The number of amides is 1. The molecule has 1 rings (SSSR count). The van der Waals surface area contributed by atoms with Gasteiger partial charge in [0.05, 0.1) is 6.61 Å². The predicted octanol–water partition coefficient (Wildman–Crippen LogP) is 0.970. The van der Waals surface area contributed by atoms with Gasteiger partial charge in [-0.15, -0.1) is 0 Å². The molecule has 0 saturated carbocycles. The Morgan fingerprint density at radius 2 is 2.05 bits per heavy atom. The third-order valence-electron chi connectivity index (χ3n) is 2.91. The van der Waals surface area contributed by atoms with E-state index in [4.69, 9.17) is 9.88 Å². The molecular weight excluding hydrogens is 299 g/mol. The highest BCUT2D eigenvalue weighted by Gasteiger charge is 2.22. The molecule has 0 saturated heterocycles. The SMILES string of the molecule is COCCN(C(=O)c1ccc(F)c(S(N)(=O)=O)c1)C(C)C. The summed E-state index contributed by atoms with van der Waals surface area (Å²) in [6.07, 6.45) is 0. The molecule has 0 fully saturated rings. The summed E-state index contributed by atoms with van der Waals surface area (Å²) < 4.78 is 41.0. The number of methoxy groups -OCH3 is 1. The third kappa shape index (κ3) is 4.48. The molecule has 118 valence electrons. The number of hydrogen-bond acceptors (Lipinski definition) is 4. The topological polar surface area (TPSA) is 89.7 Å². The summed E-state index contributed by atoms with van der Waals surface area (Å²) in [5.41, 5.74) is 0.0604. The van der Waals surface area contributed by atoms with E-state index < -0.39 is 26.6 Å². The molecule has 0 spiro atoms. The fraction of sp³-hybridized carbons (Fsp3) is 0.462. The van der Waals surface area contributed by atoms with E-state index in [2.05, 4.69) is 0 Å². The first kappa shape index (κ1) is 17.5. The van der Waals surface area contributed by atoms with Crippen molar-refractivity contribution in [1.82, 2.24) is 4.90 Å². The number of benzene rings is 1. The minimum Gasteiger partial charge on any atom is -0.383 e. The van der Waals surface area contributed by atoms with Crippen LogP contribution in [-0.4, -0.2) is 45.5 Å². The maximum atomic E-state index is 13.5. The molecule has 0 aromatic heterocycles. The Kier molecular flexibility index (Phi) is 5.82. The number of ether oxygens (including phenoxy) is 1. The molecule has 0 bridgehead atoms. The van der Waals surface area contributed by atoms with Crippen molar-refractivity contribution < 1.29 is 22.3 Å². The van der Waals surface area contributed by atoms with E-state index in [0.29, 0.717) is 13.2 Å². The summed E-state index contributed by atoms with van der Waals surface area (Å²) in [4.78, 5) is 13.2. The van der Waals surface area contributed by atoms with Gasteiger partial charge in [0.25, 0.3) is 5.91 Å². The van der Waals surface area contributed by atoms with Gasteiger partial charge in [-0.3, -0.25) is 4.79 Å². The first-order valence-electron chi connectivity index (χ1n) is 6.30. The van der Waals surface area contributed by atoms with Gasteiger partial charge < -0.3 is 9.64 Å². The Bertz CT molecular complexity index is 617. The van der Waals surface area contributed by atoms with Crippen molar-refractivity contribution in [3.8, 4) is 0 Å². The van der Waals surface area contributed by atoms with E-state index >= 15 is 0 Å². The smallest absolute Gasteiger partial charge is 0.254 e. The zero-order valence-corrected chi connectivity index (χ0v) is 13.0. The summed E-state index contributed by atoms with van der Waals surface area (Å²) >= 11 is 0. The number of sulfonamides is 1. The van der Waals surface area contributed by atoms with Crippen LogP contribution >= 0.6 is 0 Å². The average Bonchev–Trinajstić information content (AvgIpc) is 2.37. The van der Waals surface area contributed by atoms with E-state index in [-0.39, 0.29) is 11.6 Å². The summed E-state index contributed by atoms with van der Waals surface area (Å²) in [7, 11) is -2.71. The summed E-state index contributed by atoms with van der Waals surface area (Å²) in [5.74, 6) is -1.39. The van der Waals surface area contributed by atoms with E-state index in [0.717, 1.165) is 12.1 Å². The highest BCUT2D eigenvalue weighted by atomic mass is 32.2. The van der Waals surface area contributed by atoms with Gasteiger partial charge in [-0.05, 0) is 32.0 Å². The largest absolute Gasteiger partial charge is 0.383 e. The molecule has 0 heterocycles. The molecule has 2 N–H and O–H groups in total. The van der Waals surface area contributed by atoms with Crippen LogP contribution in [0.15, 0.2) is 23.1 Å². The number of carbonyl (C=O) groups excluding carboxylic acids is 1. The number of primary sulfonamides is 1. The van der Waals surface area contributed by atoms with Crippen molar-refractivity contribution in [3.05, 3.63) is 29.6 Å². The lowest BCUT2D eigenvalue weighted by Crippen LogP contribution is -2.39. The lowest BCUT2D eigenvalue weighted by atomic mass is 10.1. The summed E-state index contributed by atoms with van der Waals surface area (Å²) in [6, 6.07) is 2.99. The Balaban J connectivity index is 3.17. The number of halogens is 1. The molecule has 8 heteroatoms. The monoisotopic (exact) mass is 318 g/mol. The highest BCUT2D eigenvalue weighted by Crippen LogP contribution is 2.17. The molecule has 1 aromatic rings. The maximum absolute atomic E-state index is 13.5. The van der Waals surface area contributed by atoms with Gasteiger partial charge in [-0.25, -0.2) is 17.9 Å². The fourth-order valence-corrected chi connectivity index (χ4v) is 2.44. The van der Waals surface area contributed by atoms with Gasteiger partial charge >= 0.3 is 0 Å². The first-order chi connectivity index (χ1) is 9.68. The van der Waals surface area contributed by atoms with Gasteiger partial charge in [-0.2, -0.15) is 0 Å². The zero-order valence-electron chi connectivity index (χ0n) is 12.2. The van der Waals surface area contributed by atoms with Gasteiger partial charge in [0.1, 0.15) is 10.7 Å². The molecule has 21 heavy (non-hydrogen) atoms. The molecule has 0 aliphatic rings. The fourth-order valence-electron chi connectivity index (χ4n) is 1.80. The second-order valence-electron chi connectivity index (χ2n) is 4.78. The Morgan fingerprint density at radius 3 is 2.52 bits per heavy atom. The van der Waals surface area contributed by atoms with Crippen LogP contribution in [0.1, 0.15) is 24.2 Å². The Hall–Kier alpha value is -1.51. The maximum Gasteiger partial charge on any atom is 0.254 e. The molecule has 0 aliphatic carbocycles. The van der Waals surface area contributed by atoms with Crippen molar-refractivity contribution in [2.24, 2.45) is 5.14 Å². The van der Waals surface area contributed by atoms with E-state index in [9.17, 15) is 17.6 Å². The van der Waals surface area contributed by atoms with Crippen LogP contribution in [0.5, 0.6) is 0 Å². The molecule has 6 nitrogen and oxygen atoms in total. The first-order valence-corrected chi connectivity index (χ1v) is 7.85. The molecule has 0 atom stereocenters. The molecular formula is C13H19FN2O4S. The number of nitrogens with zero attached hydrogens (tertiary/aromatic N) is 1. The van der Waals surface area contributed by atoms with Gasteiger partial charge in [0.2, 0.25) is 10.0 Å². The van der Waals surface area contributed by atoms with Crippen LogP contribution in [0.25, 0.3) is 0 Å². The summed E-state index contributed by atoms with van der Waals surface area (Å²) in [6.45, 7) is 4.32. The minimum atomic E-state index is -4.22. The van der Waals surface area contributed by atoms with Crippen LogP contribution < -0.4 is 5.14 Å².